The highest BCUT2D eigenvalue weighted by Crippen LogP contribution is 2.26. The monoisotopic (exact) mass is 317 g/mol. The minimum Gasteiger partial charge on any atom is -0.381 e. The van der Waals surface area contributed by atoms with E-state index in [9.17, 15) is 0 Å². The van der Waals surface area contributed by atoms with Crippen molar-refractivity contribution in [3.8, 4) is 11.3 Å². The zero-order chi connectivity index (χ0) is 14.7. The van der Waals surface area contributed by atoms with Gasteiger partial charge in [-0.15, -0.1) is 0 Å². The van der Waals surface area contributed by atoms with Crippen molar-refractivity contribution >= 4 is 28.9 Å². The van der Waals surface area contributed by atoms with Gasteiger partial charge in [0.25, 0.3) is 0 Å². The van der Waals surface area contributed by atoms with E-state index in [1.165, 1.54) is 0 Å². The summed E-state index contributed by atoms with van der Waals surface area (Å²) in [6.07, 6.45) is 1.74. The topological polar surface area (TPSA) is 40.7 Å². The molecule has 0 bridgehead atoms. The van der Waals surface area contributed by atoms with Crippen LogP contribution < -0.4 is 5.32 Å². The van der Waals surface area contributed by atoms with Crippen LogP contribution in [0.1, 0.15) is 5.56 Å². The van der Waals surface area contributed by atoms with Crippen LogP contribution in [0, 0.1) is 0 Å². The third-order valence-electron chi connectivity index (χ3n) is 3.21. The smallest absolute Gasteiger partial charge is 0.0650 e. The summed E-state index contributed by atoms with van der Waals surface area (Å²) in [5.74, 6) is 0. The Hall–Kier alpha value is -1.97. The molecule has 0 fully saturated rings. The first-order chi connectivity index (χ1) is 10.2. The molecule has 0 radical (unpaired) electrons. The number of anilines is 1. The summed E-state index contributed by atoms with van der Waals surface area (Å²) < 4.78 is 0. The highest BCUT2D eigenvalue weighted by molar-refractivity contribution is 6.36. The lowest BCUT2D eigenvalue weighted by Gasteiger charge is -2.10. The van der Waals surface area contributed by atoms with Crippen LogP contribution >= 0.6 is 23.2 Å². The Bertz CT molecular complexity index is 719. The normalized spacial score (nSPS) is 10.6. The summed E-state index contributed by atoms with van der Waals surface area (Å²) in [7, 11) is 0. The number of nitrogens with one attached hydrogen (secondary N) is 2. The van der Waals surface area contributed by atoms with Crippen LogP contribution in [0.2, 0.25) is 10.0 Å². The number of aromatic nitrogens is 2. The second-order valence-corrected chi connectivity index (χ2v) is 5.42. The summed E-state index contributed by atoms with van der Waals surface area (Å²) in [5.41, 5.74) is 3.95. The number of benzene rings is 2. The standard InChI is InChI=1S/C16H13Cl2N3/c17-14-5-2-6-15(18)13(14)10-19-12-4-1-3-11(9-12)16-7-8-20-21-16/h1-9,19H,10H2,(H,20,21). The van der Waals surface area contributed by atoms with Gasteiger partial charge >= 0.3 is 0 Å². The Morgan fingerprint density at radius 2 is 1.76 bits per heavy atom. The number of hydrogen-bond donors (Lipinski definition) is 2. The quantitative estimate of drug-likeness (QED) is 0.711. The minimum absolute atomic E-state index is 0.574. The molecular formula is C16H13Cl2N3. The summed E-state index contributed by atoms with van der Waals surface area (Å²) in [6, 6.07) is 15.5. The highest BCUT2D eigenvalue weighted by Gasteiger charge is 2.05. The van der Waals surface area contributed by atoms with Gasteiger partial charge in [0.05, 0.1) is 5.69 Å². The first-order valence-electron chi connectivity index (χ1n) is 6.50. The summed E-state index contributed by atoms with van der Waals surface area (Å²) in [4.78, 5) is 0. The molecule has 0 aliphatic rings. The molecule has 106 valence electrons. The lowest BCUT2D eigenvalue weighted by molar-refractivity contribution is 1.09. The van der Waals surface area contributed by atoms with Gasteiger partial charge in [-0.2, -0.15) is 5.10 Å². The van der Waals surface area contributed by atoms with E-state index in [0.717, 1.165) is 22.5 Å². The molecule has 1 aromatic heterocycles. The van der Waals surface area contributed by atoms with Crippen LogP contribution in [0.5, 0.6) is 0 Å². The van der Waals surface area contributed by atoms with Gasteiger partial charge in [0.2, 0.25) is 0 Å². The van der Waals surface area contributed by atoms with Crippen molar-refractivity contribution in [2.24, 2.45) is 0 Å². The fourth-order valence-electron chi connectivity index (χ4n) is 2.11. The SMILES string of the molecule is Clc1cccc(Cl)c1CNc1cccc(-c2ccn[nH]2)c1. The molecule has 3 aromatic rings. The van der Waals surface area contributed by atoms with Crippen LogP contribution in [-0.2, 0) is 6.54 Å². The van der Waals surface area contributed by atoms with Gasteiger partial charge in [-0.3, -0.25) is 5.10 Å². The van der Waals surface area contributed by atoms with E-state index in [1.54, 1.807) is 6.20 Å². The van der Waals surface area contributed by atoms with Crippen molar-refractivity contribution in [1.82, 2.24) is 10.2 Å². The number of hydrogen-bond acceptors (Lipinski definition) is 2. The molecule has 0 saturated heterocycles. The van der Waals surface area contributed by atoms with E-state index in [1.807, 2.05) is 42.5 Å². The number of aromatic amines is 1. The largest absolute Gasteiger partial charge is 0.381 e. The number of nitrogens with zero attached hydrogens (tertiary/aromatic N) is 1. The van der Waals surface area contributed by atoms with Gasteiger partial charge in [-0.25, -0.2) is 0 Å². The molecule has 0 aliphatic carbocycles. The Morgan fingerprint density at radius 3 is 2.48 bits per heavy atom. The lowest BCUT2D eigenvalue weighted by atomic mass is 10.1. The fourth-order valence-corrected chi connectivity index (χ4v) is 2.64. The third-order valence-corrected chi connectivity index (χ3v) is 3.91. The second-order valence-electron chi connectivity index (χ2n) is 4.60. The van der Waals surface area contributed by atoms with Crippen molar-refractivity contribution in [3.63, 3.8) is 0 Å². The first kappa shape index (κ1) is 14.0. The zero-order valence-corrected chi connectivity index (χ0v) is 12.6. The molecule has 2 N–H and O–H groups in total. The van der Waals surface area contributed by atoms with Crippen molar-refractivity contribution in [2.45, 2.75) is 6.54 Å². The van der Waals surface area contributed by atoms with Crippen molar-refractivity contribution in [3.05, 3.63) is 70.3 Å². The lowest BCUT2D eigenvalue weighted by Crippen LogP contribution is -2.01. The Morgan fingerprint density at radius 1 is 1.00 bits per heavy atom. The van der Waals surface area contributed by atoms with Crippen LogP contribution in [-0.4, -0.2) is 10.2 Å². The maximum absolute atomic E-state index is 6.17. The Labute approximate surface area is 132 Å². The average molecular weight is 318 g/mol. The number of rotatable bonds is 4. The molecule has 0 atom stereocenters. The van der Waals surface area contributed by atoms with Crippen LogP contribution in [0.15, 0.2) is 54.7 Å². The molecular weight excluding hydrogens is 305 g/mol. The summed E-state index contributed by atoms with van der Waals surface area (Å²) in [6.45, 7) is 0.574. The molecule has 5 heteroatoms. The second kappa shape index (κ2) is 6.20. The van der Waals surface area contributed by atoms with Gasteiger partial charge in [-0.1, -0.05) is 41.4 Å². The van der Waals surface area contributed by atoms with E-state index >= 15 is 0 Å². The summed E-state index contributed by atoms with van der Waals surface area (Å²) in [5, 5.41) is 11.6. The maximum Gasteiger partial charge on any atom is 0.0650 e. The fraction of sp³-hybridized carbons (Fsp3) is 0.0625. The minimum atomic E-state index is 0.574. The van der Waals surface area contributed by atoms with Crippen molar-refractivity contribution in [2.75, 3.05) is 5.32 Å². The van der Waals surface area contributed by atoms with E-state index in [-0.39, 0.29) is 0 Å². The first-order valence-corrected chi connectivity index (χ1v) is 7.26. The molecule has 21 heavy (non-hydrogen) atoms. The predicted molar refractivity (Wildman–Crippen MR) is 87.8 cm³/mol. The molecule has 0 unspecified atom stereocenters. The van der Waals surface area contributed by atoms with E-state index in [2.05, 4.69) is 21.6 Å². The molecule has 0 aliphatic heterocycles. The summed E-state index contributed by atoms with van der Waals surface area (Å²) >= 11 is 12.3. The number of H-pyrrole nitrogens is 1. The van der Waals surface area contributed by atoms with Gasteiger partial charge < -0.3 is 5.32 Å². The van der Waals surface area contributed by atoms with Crippen molar-refractivity contribution < 1.29 is 0 Å². The Kier molecular flexibility index (Phi) is 4.13. The molecule has 3 rings (SSSR count). The van der Waals surface area contributed by atoms with E-state index in [4.69, 9.17) is 23.2 Å². The molecule has 1 heterocycles. The van der Waals surface area contributed by atoms with Gasteiger partial charge in [0.1, 0.15) is 0 Å². The van der Waals surface area contributed by atoms with Crippen LogP contribution in [0.3, 0.4) is 0 Å². The number of halogens is 2. The highest BCUT2D eigenvalue weighted by atomic mass is 35.5. The van der Waals surface area contributed by atoms with E-state index < -0.39 is 0 Å². The Balaban J connectivity index is 1.78. The average Bonchev–Trinajstić information content (AvgIpc) is 3.01. The maximum atomic E-state index is 6.17. The third kappa shape index (κ3) is 3.20. The molecule has 0 amide bonds. The predicted octanol–water partition coefficient (Wildman–Crippen LogP) is 5.00. The molecule has 2 aromatic carbocycles. The zero-order valence-electron chi connectivity index (χ0n) is 11.1. The van der Waals surface area contributed by atoms with Gasteiger partial charge in [0.15, 0.2) is 0 Å². The van der Waals surface area contributed by atoms with Gasteiger partial charge in [-0.05, 0) is 30.3 Å². The van der Waals surface area contributed by atoms with Crippen LogP contribution in [0.25, 0.3) is 11.3 Å². The molecule has 3 nitrogen and oxygen atoms in total. The van der Waals surface area contributed by atoms with Crippen molar-refractivity contribution in [1.29, 1.82) is 0 Å². The van der Waals surface area contributed by atoms with Gasteiger partial charge in [0, 0.05) is 39.6 Å². The molecule has 0 spiro atoms. The van der Waals surface area contributed by atoms with E-state index in [0.29, 0.717) is 16.6 Å². The molecule has 0 saturated carbocycles. The van der Waals surface area contributed by atoms with Crippen LogP contribution in [0.4, 0.5) is 5.69 Å².